The first-order chi connectivity index (χ1) is 6.91. The van der Waals surface area contributed by atoms with Crippen molar-refractivity contribution in [3.05, 3.63) is 29.1 Å². The van der Waals surface area contributed by atoms with Crippen LogP contribution in [0.3, 0.4) is 0 Å². The van der Waals surface area contributed by atoms with Gasteiger partial charge in [-0.1, -0.05) is 0 Å². The summed E-state index contributed by atoms with van der Waals surface area (Å²) in [5.41, 5.74) is 2.97. The van der Waals surface area contributed by atoms with Crippen LogP contribution >= 0.6 is 0 Å². The maximum atomic E-state index is 11.4. The maximum absolute atomic E-state index is 11.4. The van der Waals surface area contributed by atoms with Gasteiger partial charge in [-0.2, -0.15) is 4.84 Å². The Kier molecular flexibility index (Phi) is 3.29. The average Bonchev–Trinajstić information content (AvgIpc) is 2.10. The van der Waals surface area contributed by atoms with Crippen molar-refractivity contribution in [2.24, 2.45) is 0 Å². The molecule has 0 aliphatic carbocycles. The van der Waals surface area contributed by atoms with Crippen LogP contribution in [-0.4, -0.2) is 25.1 Å². The first-order valence-electron chi connectivity index (χ1n) is 4.81. The predicted octanol–water partition coefficient (Wildman–Crippen LogP) is 1.01. The molecule has 0 N–H and O–H groups in total. The largest absolute Gasteiger partial charge is 0.477 e. The lowest BCUT2D eigenvalue weighted by molar-refractivity contribution is -0.877. The van der Waals surface area contributed by atoms with E-state index < -0.39 is 0 Å². The Morgan fingerprint density at radius 3 is 2.07 bits per heavy atom. The highest BCUT2D eigenvalue weighted by atomic mass is 16.7. The Hall–Kier alpha value is -1.58. The molecule has 15 heavy (non-hydrogen) atoms. The number of rotatable bonds is 1. The molecule has 82 valence electrons. The van der Waals surface area contributed by atoms with Crippen molar-refractivity contribution in [1.82, 2.24) is 4.90 Å². The van der Waals surface area contributed by atoms with Gasteiger partial charge in [0, 0.05) is 44.8 Å². The van der Waals surface area contributed by atoms with Crippen molar-refractivity contribution in [1.29, 1.82) is 0 Å². The van der Waals surface area contributed by atoms with Gasteiger partial charge in [0.05, 0.1) is 0 Å². The van der Waals surface area contributed by atoms with E-state index in [1.54, 1.807) is 14.1 Å². The van der Waals surface area contributed by atoms with Crippen molar-refractivity contribution in [2.45, 2.75) is 20.8 Å². The zero-order chi connectivity index (χ0) is 11.6. The molecule has 0 atom stereocenters. The molecule has 0 fully saturated rings. The molecule has 4 nitrogen and oxygen atoms in total. The summed E-state index contributed by atoms with van der Waals surface area (Å²) in [4.78, 5) is 18.0. The average molecular weight is 209 g/mol. The summed E-state index contributed by atoms with van der Waals surface area (Å²) in [6, 6.07) is 3.94. The molecule has 0 unspecified atom stereocenters. The second-order valence-corrected chi connectivity index (χ2v) is 3.86. The Morgan fingerprint density at radius 2 is 1.67 bits per heavy atom. The van der Waals surface area contributed by atoms with Crippen LogP contribution in [0.25, 0.3) is 0 Å². The molecule has 0 aliphatic rings. The van der Waals surface area contributed by atoms with E-state index in [0.717, 1.165) is 17.0 Å². The summed E-state index contributed by atoms with van der Waals surface area (Å²) in [7, 11) is 3.31. The lowest BCUT2D eigenvalue weighted by atomic mass is 10.2. The van der Waals surface area contributed by atoms with Crippen LogP contribution in [0.1, 0.15) is 17.0 Å². The minimum Gasteiger partial charge on any atom is -0.309 e. The van der Waals surface area contributed by atoms with Crippen LogP contribution in [0, 0.1) is 20.8 Å². The van der Waals surface area contributed by atoms with Crippen molar-refractivity contribution in [2.75, 3.05) is 14.1 Å². The van der Waals surface area contributed by atoms with Gasteiger partial charge >= 0.3 is 6.09 Å². The van der Waals surface area contributed by atoms with Gasteiger partial charge in [0.15, 0.2) is 0 Å². The summed E-state index contributed by atoms with van der Waals surface area (Å²) in [6.07, 6.45) is -0.380. The summed E-state index contributed by atoms with van der Waals surface area (Å²) in [5.74, 6) is 0. The third-order valence-electron chi connectivity index (χ3n) is 2.05. The molecule has 0 bridgehead atoms. The quantitative estimate of drug-likeness (QED) is 0.647. The molecule has 1 aromatic heterocycles. The van der Waals surface area contributed by atoms with E-state index in [-0.39, 0.29) is 6.09 Å². The molecule has 1 aromatic rings. The molecule has 0 radical (unpaired) electrons. The SMILES string of the molecule is Cc1cc(C)[n+](OC(=O)N(C)C)c(C)c1. The number of hydrogen-bond acceptors (Lipinski definition) is 2. The molecule has 0 aromatic carbocycles. The number of pyridine rings is 1. The lowest BCUT2D eigenvalue weighted by Crippen LogP contribution is -2.53. The number of aromatic nitrogens is 1. The van der Waals surface area contributed by atoms with Crippen LogP contribution in [0.2, 0.25) is 0 Å². The van der Waals surface area contributed by atoms with Gasteiger partial charge in [-0.25, -0.2) is 4.79 Å². The van der Waals surface area contributed by atoms with E-state index in [9.17, 15) is 4.79 Å². The van der Waals surface area contributed by atoms with Crippen LogP contribution in [0.15, 0.2) is 12.1 Å². The number of hydrogen-bond donors (Lipinski definition) is 0. The molecular formula is C11H17N2O2+. The third kappa shape index (κ3) is 2.68. The van der Waals surface area contributed by atoms with Gasteiger partial charge in [0.2, 0.25) is 11.4 Å². The van der Waals surface area contributed by atoms with Crippen LogP contribution in [0.5, 0.6) is 0 Å². The van der Waals surface area contributed by atoms with E-state index in [1.165, 1.54) is 9.63 Å². The van der Waals surface area contributed by atoms with Crippen LogP contribution in [0.4, 0.5) is 4.79 Å². The normalized spacial score (nSPS) is 9.93. The van der Waals surface area contributed by atoms with Crippen molar-refractivity contribution < 1.29 is 14.4 Å². The van der Waals surface area contributed by atoms with Gasteiger partial charge in [0.25, 0.3) is 0 Å². The molecular weight excluding hydrogens is 192 g/mol. The first-order valence-corrected chi connectivity index (χ1v) is 4.81. The number of carbonyl (C=O) groups excluding carboxylic acids is 1. The second kappa shape index (κ2) is 4.29. The molecule has 0 saturated heterocycles. The fourth-order valence-corrected chi connectivity index (χ4v) is 1.40. The van der Waals surface area contributed by atoms with E-state index in [1.807, 2.05) is 32.9 Å². The zero-order valence-corrected chi connectivity index (χ0v) is 9.87. The number of amides is 1. The summed E-state index contributed by atoms with van der Waals surface area (Å²) < 4.78 is 1.54. The summed E-state index contributed by atoms with van der Waals surface area (Å²) in [5, 5.41) is 0. The van der Waals surface area contributed by atoms with Crippen LogP contribution < -0.4 is 9.57 Å². The molecule has 0 saturated carbocycles. The number of aryl methyl sites for hydroxylation is 3. The highest BCUT2D eigenvalue weighted by Crippen LogP contribution is 2.00. The lowest BCUT2D eigenvalue weighted by Gasteiger charge is -2.07. The van der Waals surface area contributed by atoms with Crippen molar-refractivity contribution in [3.8, 4) is 0 Å². The Bertz CT molecular complexity index is 363. The smallest absolute Gasteiger partial charge is 0.309 e. The maximum Gasteiger partial charge on any atom is 0.477 e. The van der Waals surface area contributed by atoms with E-state index in [0.29, 0.717) is 0 Å². The fraction of sp³-hybridized carbons (Fsp3) is 0.455. The first kappa shape index (κ1) is 11.5. The monoisotopic (exact) mass is 209 g/mol. The van der Waals surface area contributed by atoms with Gasteiger partial charge in [-0.05, 0) is 12.5 Å². The molecule has 0 spiro atoms. The van der Waals surface area contributed by atoms with Gasteiger partial charge in [-0.3, -0.25) is 0 Å². The second-order valence-electron chi connectivity index (χ2n) is 3.86. The summed E-state index contributed by atoms with van der Waals surface area (Å²) in [6.45, 7) is 5.82. The molecule has 1 amide bonds. The summed E-state index contributed by atoms with van der Waals surface area (Å²) >= 11 is 0. The Morgan fingerprint density at radius 1 is 1.20 bits per heavy atom. The molecule has 4 heteroatoms. The van der Waals surface area contributed by atoms with Crippen LogP contribution in [-0.2, 0) is 0 Å². The van der Waals surface area contributed by atoms with E-state index in [2.05, 4.69) is 0 Å². The van der Waals surface area contributed by atoms with Gasteiger partial charge < -0.3 is 4.90 Å². The minimum atomic E-state index is -0.380. The minimum absolute atomic E-state index is 0.380. The Balaban J connectivity index is 3.00. The predicted molar refractivity (Wildman–Crippen MR) is 56.5 cm³/mol. The Labute approximate surface area is 90.0 Å². The van der Waals surface area contributed by atoms with Crippen molar-refractivity contribution >= 4 is 6.09 Å². The van der Waals surface area contributed by atoms with E-state index in [4.69, 9.17) is 4.84 Å². The van der Waals surface area contributed by atoms with Gasteiger partial charge in [-0.15, -0.1) is 0 Å². The molecule has 0 aliphatic heterocycles. The molecule has 1 rings (SSSR count). The number of nitrogens with zero attached hydrogens (tertiary/aromatic N) is 2. The van der Waals surface area contributed by atoms with Crippen molar-refractivity contribution in [3.63, 3.8) is 0 Å². The third-order valence-corrected chi connectivity index (χ3v) is 2.05. The fourth-order valence-electron chi connectivity index (χ4n) is 1.40. The van der Waals surface area contributed by atoms with E-state index >= 15 is 0 Å². The number of carbonyl (C=O) groups is 1. The zero-order valence-electron chi connectivity index (χ0n) is 9.87. The molecule has 1 heterocycles. The standard InChI is InChI=1S/C11H17N2O2/c1-8-6-9(2)13(10(3)7-8)15-11(14)12(4)5/h6-7H,1-5H3/q+1. The highest BCUT2D eigenvalue weighted by Gasteiger charge is 2.19. The van der Waals surface area contributed by atoms with Gasteiger partial charge in [0.1, 0.15) is 0 Å². The topological polar surface area (TPSA) is 33.4 Å². The highest BCUT2D eigenvalue weighted by molar-refractivity contribution is 5.66.